The lowest BCUT2D eigenvalue weighted by Crippen LogP contribution is -2.15. The van der Waals surface area contributed by atoms with Crippen LogP contribution in [0.2, 0.25) is 5.02 Å². The first-order valence-electron chi connectivity index (χ1n) is 7.37. The fraction of sp³-hybridized carbons (Fsp3) is 0.111. The van der Waals surface area contributed by atoms with E-state index in [4.69, 9.17) is 21.1 Å². The van der Waals surface area contributed by atoms with Crippen LogP contribution in [-0.2, 0) is 4.79 Å². The van der Waals surface area contributed by atoms with Gasteiger partial charge < -0.3 is 25.2 Å². The van der Waals surface area contributed by atoms with Gasteiger partial charge in [0, 0.05) is 17.3 Å². The number of nitrogens with one attached hydrogen (secondary N) is 2. The number of carbonyl (C=O) groups is 1. The number of methoxy groups -OCH3 is 2. The third-order valence-electron chi connectivity index (χ3n) is 3.35. The first-order valence-corrected chi connectivity index (χ1v) is 7.75. The zero-order valence-electron chi connectivity index (χ0n) is 14.0. The largest absolute Gasteiger partial charge is 0.506 e. The molecule has 0 spiro atoms. The molecule has 0 aliphatic heterocycles. The van der Waals surface area contributed by atoms with Gasteiger partial charge in [0.15, 0.2) is 0 Å². The number of nitrogens with zero attached hydrogens (tertiary/aromatic N) is 1. The number of phenolic OH excluding ortho intramolecular Hbond substituents is 1. The standard InChI is InChI=1S/C18H16ClN3O4/c1-25-13-4-6-17(26-2)15(8-13)22-18(24)11(9-20)10-21-14-7-12(19)3-5-16(14)23/h3-8,10,21,23H,1-2H3,(H,22,24)/b11-10-. The predicted molar refractivity (Wildman–Crippen MR) is 98.6 cm³/mol. The minimum atomic E-state index is -0.659. The fourth-order valence-corrected chi connectivity index (χ4v) is 2.20. The van der Waals surface area contributed by atoms with Crippen molar-refractivity contribution in [2.24, 2.45) is 0 Å². The van der Waals surface area contributed by atoms with E-state index in [0.717, 1.165) is 0 Å². The number of amides is 1. The molecule has 0 atom stereocenters. The zero-order chi connectivity index (χ0) is 19.1. The predicted octanol–water partition coefficient (Wildman–Crippen LogP) is 3.52. The van der Waals surface area contributed by atoms with Gasteiger partial charge >= 0.3 is 0 Å². The first kappa shape index (κ1) is 19.0. The number of hydrogen-bond acceptors (Lipinski definition) is 6. The maximum Gasteiger partial charge on any atom is 0.267 e. The molecule has 0 aliphatic carbocycles. The molecule has 1 amide bonds. The van der Waals surface area contributed by atoms with E-state index in [1.54, 1.807) is 24.3 Å². The third kappa shape index (κ3) is 4.59. The van der Waals surface area contributed by atoms with Gasteiger partial charge in [0.2, 0.25) is 0 Å². The minimum Gasteiger partial charge on any atom is -0.506 e. The van der Waals surface area contributed by atoms with Crippen molar-refractivity contribution in [2.75, 3.05) is 24.9 Å². The Morgan fingerprint density at radius 2 is 1.96 bits per heavy atom. The minimum absolute atomic E-state index is 0.0715. The molecular formula is C18H16ClN3O4. The molecule has 2 aromatic carbocycles. The Hall–Kier alpha value is -3.37. The van der Waals surface area contributed by atoms with Crippen LogP contribution in [0.25, 0.3) is 0 Å². The summed E-state index contributed by atoms with van der Waals surface area (Å²) in [5.41, 5.74) is 0.398. The summed E-state index contributed by atoms with van der Waals surface area (Å²) in [6.07, 6.45) is 1.17. The highest BCUT2D eigenvalue weighted by molar-refractivity contribution is 6.30. The lowest BCUT2D eigenvalue weighted by molar-refractivity contribution is -0.112. The summed E-state index contributed by atoms with van der Waals surface area (Å²) in [5.74, 6) is 0.202. The van der Waals surface area contributed by atoms with Gasteiger partial charge in [-0.25, -0.2) is 0 Å². The summed E-state index contributed by atoms with van der Waals surface area (Å²) in [7, 11) is 2.96. The third-order valence-corrected chi connectivity index (χ3v) is 3.59. The second kappa shape index (κ2) is 8.65. The molecular weight excluding hydrogens is 358 g/mol. The molecule has 0 radical (unpaired) electrons. The highest BCUT2D eigenvalue weighted by Gasteiger charge is 2.13. The van der Waals surface area contributed by atoms with Gasteiger partial charge in [0.25, 0.3) is 5.91 Å². The van der Waals surface area contributed by atoms with Crippen molar-refractivity contribution in [3.63, 3.8) is 0 Å². The number of ether oxygens (including phenoxy) is 2. The van der Waals surface area contributed by atoms with E-state index < -0.39 is 5.91 Å². The van der Waals surface area contributed by atoms with Crippen LogP contribution in [-0.4, -0.2) is 25.2 Å². The van der Waals surface area contributed by atoms with Crippen LogP contribution in [0.15, 0.2) is 48.2 Å². The maximum atomic E-state index is 12.4. The van der Waals surface area contributed by atoms with E-state index in [0.29, 0.717) is 22.2 Å². The average molecular weight is 374 g/mol. The van der Waals surface area contributed by atoms with Gasteiger partial charge in [-0.2, -0.15) is 5.26 Å². The number of benzene rings is 2. The Kier molecular flexibility index (Phi) is 6.31. The molecule has 0 aromatic heterocycles. The van der Waals surface area contributed by atoms with Gasteiger partial charge in [-0.15, -0.1) is 0 Å². The molecule has 2 aromatic rings. The number of halogens is 1. The van der Waals surface area contributed by atoms with Gasteiger partial charge in [-0.1, -0.05) is 11.6 Å². The quantitative estimate of drug-likeness (QED) is 0.406. The lowest BCUT2D eigenvalue weighted by Gasteiger charge is -2.11. The van der Waals surface area contributed by atoms with Crippen LogP contribution in [0.3, 0.4) is 0 Å². The van der Waals surface area contributed by atoms with Crippen molar-refractivity contribution < 1.29 is 19.4 Å². The average Bonchev–Trinajstić information content (AvgIpc) is 2.64. The fourth-order valence-electron chi connectivity index (χ4n) is 2.02. The number of aromatic hydroxyl groups is 1. The topological polar surface area (TPSA) is 104 Å². The van der Waals surface area contributed by atoms with E-state index >= 15 is 0 Å². The summed E-state index contributed by atoms with van der Waals surface area (Å²) in [6.45, 7) is 0. The van der Waals surface area contributed by atoms with Gasteiger partial charge in [0.05, 0.1) is 25.6 Å². The maximum absolute atomic E-state index is 12.4. The Morgan fingerprint density at radius 1 is 1.19 bits per heavy atom. The molecule has 0 saturated carbocycles. The van der Waals surface area contributed by atoms with E-state index in [2.05, 4.69) is 10.6 Å². The molecule has 0 aliphatic rings. The zero-order valence-corrected chi connectivity index (χ0v) is 14.8. The smallest absolute Gasteiger partial charge is 0.267 e. The SMILES string of the molecule is COc1ccc(OC)c(NC(=O)/C(C#N)=C\Nc2cc(Cl)ccc2O)c1. The summed E-state index contributed by atoms with van der Waals surface area (Å²) in [5, 5.41) is 24.7. The Labute approximate surface area is 155 Å². The van der Waals surface area contributed by atoms with Crippen LogP contribution in [0.4, 0.5) is 11.4 Å². The second-order valence-electron chi connectivity index (χ2n) is 5.00. The van der Waals surface area contributed by atoms with Crippen molar-refractivity contribution in [1.82, 2.24) is 0 Å². The summed E-state index contributed by atoms with van der Waals surface area (Å²) in [4.78, 5) is 12.4. The normalized spacial score (nSPS) is 10.6. The van der Waals surface area contributed by atoms with Crippen LogP contribution in [0.5, 0.6) is 17.2 Å². The number of hydrogen-bond donors (Lipinski definition) is 3. The Bertz CT molecular complexity index is 890. The Morgan fingerprint density at radius 3 is 2.62 bits per heavy atom. The number of rotatable bonds is 6. The van der Waals surface area contributed by atoms with Crippen LogP contribution >= 0.6 is 11.6 Å². The molecule has 0 fully saturated rings. The van der Waals surface area contributed by atoms with E-state index in [1.165, 1.54) is 38.6 Å². The first-order chi connectivity index (χ1) is 12.5. The van der Waals surface area contributed by atoms with Crippen molar-refractivity contribution in [3.05, 3.63) is 53.2 Å². The molecule has 3 N–H and O–H groups in total. The van der Waals surface area contributed by atoms with Gasteiger partial charge in [-0.05, 0) is 30.3 Å². The van der Waals surface area contributed by atoms with E-state index in [-0.39, 0.29) is 17.0 Å². The number of anilines is 2. The van der Waals surface area contributed by atoms with Gasteiger partial charge in [0.1, 0.15) is 28.9 Å². The van der Waals surface area contributed by atoms with E-state index in [9.17, 15) is 15.2 Å². The molecule has 0 bridgehead atoms. The molecule has 134 valence electrons. The molecule has 0 unspecified atom stereocenters. The van der Waals surface area contributed by atoms with Crippen molar-refractivity contribution in [2.45, 2.75) is 0 Å². The van der Waals surface area contributed by atoms with Crippen molar-refractivity contribution >= 4 is 28.9 Å². The molecule has 2 rings (SSSR count). The molecule has 0 saturated heterocycles. The monoisotopic (exact) mass is 373 g/mol. The van der Waals surface area contributed by atoms with Crippen LogP contribution in [0.1, 0.15) is 0 Å². The number of phenols is 1. The van der Waals surface area contributed by atoms with Crippen LogP contribution < -0.4 is 20.1 Å². The molecule has 8 heteroatoms. The van der Waals surface area contributed by atoms with Crippen LogP contribution in [0, 0.1) is 11.3 Å². The summed E-state index contributed by atoms with van der Waals surface area (Å²) in [6, 6.07) is 11.0. The molecule has 0 heterocycles. The highest BCUT2D eigenvalue weighted by atomic mass is 35.5. The van der Waals surface area contributed by atoms with Crippen molar-refractivity contribution in [3.8, 4) is 23.3 Å². The highest BCUT2D eigenvalue weighted by Crippen LogP contribution is 2.29. The number of carbonyl (C=O) groups excluding carboxylic acids is 1. The van der Waals surface area contributed by atoms with E-state index in [1.807, 2.05) is 0 Å². The second-order valence-corrected chi connectivity index (χ2v) is 5.43. The Balaban J connectivity index is 2.21. The van der Waals surface area contributed by atoms with Crippen molar-refractivity contribution in [1.29, 1.82) is 5.26 Å². The molecule has 7 nitrogen and oxygen atoms in total. The summed E-state index contributed by atoms with van der Waals surface area (Å²) >= 11 is 5.86. The van der Waals surface area contributed by atoms with Gasteiger partial charge in [-0.3, -0.25) is 4.79 Å². The summed E-state index contributed by atoms with van der Waals surface area (Å²) < 4.78 is 10.3. The lowest BCUT2D eigenvalue weighted by atomic mass is 10.2. The number of nitriles is 1. The molecule has 26 heavy (non-hydrogen) atoms.